The lowest BCUT2D eigenvalue weighted by atomic mass is 9.96. The normalized spacial score (nSPS) is 20.3. The average molecular weight is 383 g/mol. The average Bonchev–Trinajstić information content (AvgIpc) is 3.24. The monoisotopic (exact) mass is 383 g/mol. The van der Waals surface area contributed by atoms with Crippen LogP contribution in [0.4, 0.5) is 0 Å². The summed E-state index contributed by atoms with van der Waals surface area (Å²) in [5.74, 6) is 1.78. The van der Waals surface area contributed by atoms with Crippen molar-refractivity contribution in [2.24, 2.45) is 5.92 Å². The van der Waals surface area contributed by atoms with Crippen molar-refractivity contribution in [1.82, 2.24) is 25.3 Å². The topological polar surface area (TPSA) is 74.5 Å². The summed E-state index contributed by atoms with van der Waals surface area (Å²) < 4.78 is 5.54. The Labute approximate surface area is 166 Å². The first-order chi connectivity index (χ1) is 13.6. The minimum absolute atomic E-state index is 0.0443. The summed E-state index contributed by atoms with van der Waals surface area (Å²) in [5.41, 5.74) is 2.17. The number of hydrogen-bond acceptors (Lipinski definition) is 6. The third-order valence-corrected chi connectivity index (χ3v) is 5.97. The zero-order valence-electron chi connectivity index (χ0n) is 16.7. The third kappa shape index (κ3) is 4.10. The molecular weight excluding hydrogens is 354 g/mol. The van der Waals surface area contributed by atoms with Crippen LogP contribution in [0.3, 0.4) is 0 Å². The number of nitrogens with zero attached hydrogens (tertiary/aromatic N) is 4. The van der Waals surface area contributed by atoms with Crippen molar-refractivity contribution in [3.63, 3.8) is 0 Å². The first-order valence-electron chi connectivity index (χ1n) is 10.3. The molecule has 150 valence electrons. The standard InChI is InChI=1S/C21H29N5O2/c1-15-3-5-17(6-4-15)19-23-20(28-24-19)16(2)25-11-13-26(14-12-25)21(27)18-7-9-22-10-8-18/h3-6,16,18,22H,7-14H2,1-2H3. The molecule has 0 spiro atoms. The van der Waals surface area contributed by atoms with Crippen LogP contribution in [0, 0.1) is 12.8 Å². The van der Waals surface area contributed by atoms with Crippen LogP contribution in [0.15, 0.2) is 28.8 Å². The number of hydrogen-bond donors (Lipinski definition) is 1. The number of benzene rings is 1. The molecule has 1 unspecified atom stereocenters. The molecule has 28 heavy (non-hydrogen) atoms. The van der Waals surface area contributed by atoms with Gasteiger partial charge >= 0.3 is 0 Å². The zero-order chi connectivity index (χ0) is 19.5. The van der Waals surface area contributed by atoms with Gasteiger partial charge in [-0.05, 0) is 39.8 Å². The van der Waals surface area contributed by atoms with E-state index in [1.54, 1.807) is 0 Å². The zero-order valence-corrected chi connectivity index (χ0v) is 16.7. The summed E-state index contributed by atoms with van der Waals surface area (Å²) in [4.78, 5) is 21.7. The number of carbonyl (C=O) groups is 1. The van der Waals surface area contributed by atoms with Gasteiger partial charge in [-0.2, -0.15) is 4.98 Å². The predicted molar refractivity (Wildman–Crippen MR) is 107 cm³/mol. The summed E-state index contributed by atoms with van der Waals surface area (Å²) in [5, 5.41) is 7.48. The van der Waals surface area contributed by atoms with E-state index < -0.39 is 0 Å². The van der Waals surface area contributed by atoms with Crippen LogP contribution in [0.1, 0.15) is 37.3 Å². The third-order valence-electron chi connectivity index (χ3n) is 5.97. The molecule has 2 fully saturated rings. The number of aryl methyl sites for hydroxylation is 1. The Balaban J connectivity index is 1.34. The van der Waals surface area contributed by atoms with E-state index in [-0.39, 0.29) is 12.0 Å². The van der Waals surface area contributed by atoms with Gasteiger partial charge in [-0.3, -0.25) is 9.69 Å². The molecule has 0 radical (unpaired) electrons. The number of piperazine rings is 1. The van der Waals surface area contributed by atoms with Gasteiger partial charge in [0.25, 0.3) is 0 Å². The Bertz CT molecular complexity index is 789. The fraction of sp³-hybridized carbons (Fsp3) is 0.571. The Morgan fingerprint density at radius 3 is 2.50 bits per heavy atom. The lowest BCUT2D eigenvalue weighted by Crippen LogP contribution is -2.51. The predicted octanol–water partition coefficient (Wildman–Crippen LogP) is 2.25. The molecule has 1 N–H and O–H groups in total. The number of amides is 1. The maximum Gasteiger partial charge on any atom is 0.244 e. The van der Waals surface area contributed by atoms with Gasteiger partial charge in [0.2, 0.25) is 17.6 Å². The van der Waals surface area contributed by atoms with Crippen molar-refractivity contribution >= 4 is 5.91 Å². The fourth-order valence-electron chi connectivity index (χ4n) is 4.04. The van der Waals surface area contributed by atoms with Crippen molar-refractivity contribution in [2.75, 3.05) is 39.3 Å². The number of piperidine rings is 1. The molecule has 1 aromatic heterocycles. The molecule has 2 aliphatic heterocycles. The second-order valence-electron chi connectivity index (χ2n) is 7.88. The summed E-state index contributed by atoms with van der Waals surface area (Å²) in [6, 6.07) is 8.17. The molecule has 7 heteroatoms. The van der Waals surface area contributed by atoms with Crippen LogP contribution in [-0.2, 0) is 4.79 Å². The Kier molecular flexibility index (Phi) is 5.73. The summed E-state index contributed by atoms with van der Waals surface area (Å²) in [7, 11) is 0. The SMILES string of the molecule is Cc1ccc(-c2noc(C(C)N3CCN(C(=O)C4CCNCC4)CC3)n2)cc1. The summed E-state index contributed by atoms with van der Waals surface area (Å²) in [6.45, 7) is 9.26. The highest BCUT2D eigenvalue weighted by Gasteiger charge is 2.31. The van der Waals surface area contributed by atoms with Crippen molar-refractivity contribution in [2.45, 2.75) is 32.7 Å². The van der Waals surface area contributed by atoms with E-state index in [2.05, 4.69) is 34.2 Å². The van der Waals surface area contributed by atoms with Gasteiger partial charge in [-0.1, -0.05) is 35.0 Å². The van der Waals surface area contributed by atoms with Gasteiger partial charge in [0.15, 0.2) is 0 Å². The van der Waals surface area contributed by atoms with Crippen LogP contribution in [0.5, 0.6) is 0 Å². The van der Waals surface area contributed by atoms with Crippen molar-refractivity contribution in [3.8, 4) is 11.4 Å². The molecule has 0 saturated carbocycles. The lowest BCUT2D eigenvalue weighted by molar-refractivity contribution is -0.138. The van der Waals surface area contributed by atoms with E-state index in [0.717, 1.165) is 57.7 Å². The van der Waals surface area contributed by atoms with E-state index in [4.69, 9.17) is 4.52 Å². The van der Waals surface area contributed by atoms with Crippen molar-refractivity contribution in [1.29, 1.82) is 0 Å². The van der Waals surface area contributed by atoms with E-state index in [0.29, 0.717) is 17.6 Å². The van der Waals surface area contributed by atoms with Gasteiger partial charge in [0.05, 0.1) is 6.04 Å². The van der Waals surface area contributed by atoms with Crippen molar-refractivity contribution in [3.05, 3.63) is 35.7 Å². The molecule has 1 aromatic carbocycles. The molecule has 0 bridgehead atoms. The second-order valence-corrected chi connectivity index (χ2v) is 7.88. The van der Waals surface area contributed by atoms with Crippen LogP contribution < -0.4 is 5.32 Å². The quantitative estimate of drug-likeness (QED) is 0.873. The highest BCUT2D eigenvalue weighted by atomic mass is 16.5. The molecule has 2 aliphatic rings. The van der Waals surface area contributed by atoms with E-state index in [9.17, 15) is 4.79 Å². The van der Waals surface area contributed by atoms with E-state index >= 15 is 0 Å². The van der Waals surface area contributed by atoms with Crippen LogP contribution in [0.25, 0.3) is 11.4 Å². The molecule has 3 heterocycles. The second kappa shape index (κ2) is 8.41. The van der Waals surface area contributed by atoms with Crippen LogP contribution in [0.2, 0.25) is 0 Å². The fourth-order valence-corrected chi connectivity index (χ4v) is 4.04. The Hall–Kier alpha value is -2.25. The maximum absolute atomic E-state index is 12.7. The first-order valence-corrected chi connectivity index (χ1v) is 10.3. The Morgan fingerprint density at radius 2 is 1.82 bits per heavy atom. The maximum atomic E-state index is 12.7. The van der Waals surface area contributed by atoms with Crippen LogP contribution in [-0.4, -0.2) is 65.1 Å². The molecule has 7 nitrogen and oxygen atoms in total. The Morgan fingerprint density at radius 1 is 1.14 bits per heavy atom. The molecule has 0 aliphatic carbocycles. The molecule has 1 atom stereocenters. The molecule has 2 saturated heterocycles. The van der Waals surface area contributed by atoms with Gasteiger partial charge in [-0.15, -0.1) is 0 Å². The van der Waals surface area contributed by atoms with Gasteiger partial charge in [0, 0.05) is 37.7 Å². The van der Waals surface area contributed by atoms with Crippen molar-refractivity contribution < 1.29 is 9.32 Å². The van der Waals surface area contributed by atoms with Gasteiger partial charge < -0.3 is 14.7 Å². The number of nitrogens with one attached hydrogen (secondary N) is 1. The van der Waals surface area contributed by atoms with E-state index in [1.807, 2.05) is 29.2 Å². The molecule has 2 aromatic rings. The number of carbonyl (C=O) groups excluding carboxylic acids is 1. The minimum Gasteiger partial charge on any atom is -0.340 e. The largest absolute Gasteiger partial charge is 0.340 e. The van der Waals surface area contributed by atoms with Gasteiger partial charge in [-0.25, -0.2) is 0 Å². The smallest absolute Gasteiger partial charge is 0.244 e. The number of rotatable bonds is 4. The van der Waals surface area contributed by atoms with Crippen LogP contribution >= 0.6 is 0 Å². The molecule has 1 amide bonds. The first kappa shape index (κ1) is 19.1. The minimum atomic E-state index is 0.0443. The molecular formula is C21H29N5O2. The lowest BCUT2D eigenvalue weighted by Gasteiger charge is -2.38. The summed E-state index contributed by atoms with van der Waals surface area (Å²) >= 11 is 0. The highest BCUT2D eigenvalue weighted by Crippen LogP contribution is 2.24. The number of aromatic nitrogens is 2. The highest BCUT2D eigenvalue weighted by molar-refractivity contribution is 5.79. The molecule has 4 rings (SSSR count). The van der Waals surface area contributed by atoms with Gasteiger partial charge in [0.1, 0.15) is 0 Å². The summed E-state index contributed by atoms with van der Waals surface area (Å²) in [6.07, 6.45) is 1.92. The van der Waals surface area contributed by atoms with E-state index in [1.165, 1.54) is 5.56 Å².